The van der Waals surface area contributed by atoms with Crippen molar-refractivity contribution in [1.82, 2.24) is 5.32 Å². The Bertz CT molecular complexity index is 974. The Balaban J connectivity index is 2.49. The van der Waals surface area contributed by atoms with Crippen molar-refractivity contribution in [2.75, 3.05) is 13.2 Å². The summed E-state index contributed by atoms with van der Waals surface area (Å²) in [5, 5.41) is 64.5. The summed E-state index contributed by atoms with van der Waals surface area (Å²) >= 11 is 0. The minimum atomic E-state index is -1.62. The summed E-state index contributed by atoms with van der Waals surface area (Å²) in [5.41, 5.74) is 0. The fraction of sp³-hybridized carbons (Fsp3) is 0.844. The lowest BCUT2D eigenvalue weighted by atomic mass is 9.99. The van der Waals surface area contributed by atoms with Gasteiger partial charge in [-0.15, -0.1) is 0 Å². The van der Waals surface area contributed by atoms with Crippen molar-refractivity contribution < 1.29 is 44.9 Å². The summed E-state index contributed by atoms with van der Waals surface area (Å²) in [4.78, 5) is 13.0. The average Bonchev–Trinajstić information content (AvgIpc) is 3.18. The second-order valence-corrected chi connectivity index (χ2v) is 15.6. The monoisotopic (exact) mass is 782 g/mol. The van der Waals surface area contributed by atoms with Gasteiger partial charge in [0, 0.05) is 0 Å². The Morgan fingerprint density at radius 3 is 1.58 bits per heavy atom. The first kappa shape index (κ1) is 51.4. The molecule has 0 bridgehead atoms. The molecule has 0 aromatic carbocycles. The molecule has 1 aliphatic heterocycles. The fourth-order valence-corrected chi connectivity index (χ4v) is 6.82. The molecule has 0 aliphatic carbocycles. The van der Waals surface area contributed by atoms with Crippen LogP contribution in [0.2, 0.25) is 0 Å². The van der Waals surface area contributed by atoms with Crippen LogP contribution in [0.3, 0.4) is 0 Å². The van der Waals surface area contributed by atoms with E-state index >= 15 is 0 Å². The van der Waals surface area contributed by atoms with E-state index in [0.29, 0.717) is 12.8 Å². The van der Waals surface area contributed by atoms with E-state index < -0.39 is 61.5 Å². The predicted octanol–water partition coefficient (Wildman–Crippen LogP) is 7.86. The van der Waals surface area contributed by atoms with Crippen LogP contribution < -0.4 is 5.32 Å². The standard InChI is InChI=1S/C45H83NO9/c1-3-5-7-9-11-13-15-17-18-19-20-22-23-25-27-29-31-33-38(48)37(36-54-45-43(52)42(51)41(50)40(35-47)55-45)46-44(53)39(49)34-32-30-28-26-24-21-16-14-12-10-8-6-4-2/h23-26,31,33,37-43,45,47-52H,3-22,27-30,32,34-36H2,1-2H3,(H,46,53)/b25-23+,26-24-,33-31+. The summed E-state index contributed by atoms with van der Waals surface area (Å²) in [6, 6.07) is -1.00. The third kappa shape index (κ3) is 26.1. The predicted molar refractivity (Wildman–Crippen MR) is 222 cm³/mol. The minimum Gasteiger partial charge on any atom is -0.394 e. The van der Waals surface area contributed by atoms with E-state index in [2.05, 4.69) is 43.5 Å². The van der Waals surface area contributed by atoms with Gasteiger partial charge in [-0.3, -0.25) is 4.79 Å². The number of rotatable bonds is 36. The van der Waals surface area contributed by atoms with Gasteiger partial charge in [0.25, 0.3) is 0 Å². The highest BCUT2D eigenvalue weighted by atomic mass is 16.7. The van der Waals surface area contributed by atoms with Gasteiger partial charge in [-0.1, -0.05) is 159 Å². The Labute approximate surface area is 334 Å². The van der Waals surface area contributed by atoms with Crippen molar-refractivity contribution in [2.24, 2.45) is 0 Å². The second kappa shape index (κ2) is 35.5. The number of carbonyl (C=O) groups is 1. The van der Waals surface area contributed by atoms with E-state index in [1.54, 1.807) is 6.08 Å². The number of carbonyl (C=O) groups excluding carboxylic acids is 1. The van der Waals surface area contributed by atoms with Crippen LogP contribution in [0.4, 0.5) is 0 Å². The molecule has 1 saturated heterocycles. The lowest BCUT2D eigenvalue weighted by Crippen LogP contribution is -2.60. The molecule has 0 saturated carbocycles. The number of amides is 1. The van der Waals surface area contributed by atoms with E-state index in [1.165, 1.54) is 116 Å². The number of hydrogen-bond acceptors (Lipinski definition) is 9. The molecular weight excluding hydrogens is 698 g/mol. The number of aliphatic hydroxyl groups excluding tert-OH is 6. The lowest BCUT2D eigenvalue weighted by molar-refractivity contribution is -0.302. The van der Waals surface area contributed by atoms with Gasteiger partial charge < -0.3 is 45.4 Å². The van der Waals surface area contributed by atoms with Gasteiger partial charge in [0.2, 0.25) is 5.91 Å². The molecule has 0 aromatic rings. The van der Waals surface area contributed by atoms with Gasteiger partial charge in [0.05, 0.1) is 25.4 Å². The molecule has 8 unspecified atom stereocenters. The van der Waals surface area contributed by atoms with Gasteiger partial charge >= 0.3 is 0 Å². The molecule has 0 aromatic heterocycles. The van der Waals surface area contributed by atoms with Crippen molar-refractivity contribution in [3.63, 3.8) is 0 Å². The first-order valence-electron chi connectivity index (χ1n) is 22.3. The molecule has 0 spiro atoms. The highest BCUT2D eigenvalue weighted by Gasteiger charge is 2.44. The normalized spacial score (nSPS) is 22.2. The van der Waals surface area contributed by atoms with Crippen molar-refractivity contribution in [1.29, 1.82) is 0 Å². The van der Waals surface area contributed by atoms with Crippen molar-refractivity contribution in [3.8, 4) is 0 Å². The number of nitrogens with one attached hydrogen (secondary N) is 1. The van der Waals surface area contributed by atoms with Crippen LogP contribution in [0.1, 0.15) is 181 Å². The zero-order valence-electron chi connectivity index (χ0n) is 34.8. The Kier molecular flexibility index (Phi) is 33.2. The van der Waals surface area contributed by atoms with Gasteiger partial charge in [0.1, 0.15) is 30.5 Å². The molecule has 55 heavy (non-hydrogen) atoms. The average molecular weight is 782 g/mol. The summed E-state index contributed by atoms with van der Waals surface area (Å²) in [6.45, 7) is 3.56. The van der Waals surface area contributed by atoms with Crippen molar-refractivity contribution in [2.45, 2.75) is 230 Å². The quantitative estimate of drug-likeness (QED) is 0.0247. The Hall–Kier alpha value is -1.63. The smallest absolute Gasteiger partial charge is 0.249 e. The maximum absolute atomic E-state index is 13.0. The number of aliphatic hydroxyl groups is 6. The van der Waals surface area contributed by atoms with Crippen LogP contribution in [0.15, 0.2) is 36.5 Å². The summed E-state index contributed by atoms with van der Waals surface area (Å²) in [5.74, 6) is -0.644. The maximum Gasteiger partial charge on any atom is 0.249 e. The third-order valence-corrected chi connectivity index (χ3v) is 10.5. The van der Waals surface area contributed by atoms with Crippen molar-refractivity contribution in [3.05, 3.63) is 36.5 Å². The number of unbranched alkanes of at least 4 members (excludes halogenated alkanes) is 21. The van der Waals surface area contributed by atoms with E-state index in [0.717, 1.165) is 32.1 Å². The zero-order valence-corrected chi connectivity index (χ0v) is 34.8. The first-order chi connectivity index (χ1) is 26.8. The topological polar surface area (TPSA) is 169 Å². The molecule has 7 N–H and O–H groups in total. The molecule has 1 aliphatic rings. The zero-order chi connectivity index (χ0) is 40.4. The number of ether oxygens (including phenoxy) is 2. The Morgan fingerprint density at radius 1 is 0.618 bits per heavy atom. The molecule has 10 nitrogen and oxygen atoms in total. The minimum absolute atomic E-state index is 0.273. The van der Waals surface area contributed by atoms with E-state index in [1.807, 2.05) is 6.08 Å². The summed E-state index contributed by atoms with van der Waals surface area (Å²) < 4.78 is 11.1. The summed E-state index contributed by atoms with van der Waals surface area (Å²) in [6.07, 6.45) is 32.3. The molecule has 8 atom stereocenters. The van der Waals surface area contributed by atoms with Gasteiger partial charge in [-0.05, 0) is 57.8 Å². The molecule has 1 rings (SSSR count). The maximum atomic E-state index is 13.0. The fourth-order valence-electron chi connectivity index (χ4n) is 6.82. The first-order valence-corrected chi connectivity index (χ1v) is 22.3. The van der Waals surface area contributed by atoms with Crippen LogP contribution in [0, 0.1) is 0 Å². The molecule has 10 heteroatoms. The molecule has 1 fully saturated rings. The van der Waals surface area contributed by atoms with Crippen LogP contribution >= 0.6 is 0 Å². The molecule has 1 amide bonds. The lowest BCUT2D eigenvalue weighted by Gasteiger charge is -2.40. The number of hydrogen-bond donors (Lipinski definition) is 7. The van der Waals surface area contributed by atoms with Crippen LogP contribution in [0.5, 0.6) is 0 Å². The van der Waals surface area contributed by atoms with E-state index in [-0.39, 0.29) is 13.0 Å². The van der Waals surface area contributed by atoms with Gasteiger partial charge in [-0.25, -0.2) is 0 Å². The van der Waals surface area contributed by atoms with Gasteiger partial charge in [0.15, 0.2) is 6.29 Å². The number of allylic oxidation sites excluding steroid dienone is 5. The van der Waals surface area contributed by atoms with E-state index in [9.17, 15) is 35.4 Å². The third-order valence-electron chi connectivity index (χ3n) is 10.5. The highest BCUT2D eigenvalue weighted by Crippen LogP contribution is 2.22. The SMILES string of the molecule is CCCCCCCCC/C=C\CCCCC(O)C(=O)NC(COC1OC(CO)C(O)C(O)C1O)C(O)/C=C/CC/C=C/CCCCCCCCCCCCC. The van der Waals surface area contributed by atoms with Gasteiger partial charge in [-0.2, -0.15) is 0 Å². The molecular formula is C45H83NO9. The van der Waals surface area contributed by atoms with Crippen LogP contribution in [-0.2, 0) is 14.3 Å². The van der Waals surface area contributed by atoms with Crippen LogP contribution in [-0.4, -0.2) is 98.7 Å². The molecule has 0 radical (unpaired) electrons. The van der Waals surface area contributed by atoms with E-state index in [4.69, 9.17) is 9.47 Å². The summed E-state index contributed by atoms with van der Waals surface area (Å²) in [7, 11) is 0. The second-order valence-electron chi connectivity index (χ2n) is 15.6. The molecule has 1 heterocycles. The highest BCUT2D eigenvalue weighted by molar-refractivity contribution is 5.80. The Morgan fingerprint density at radius 2 is 1.07 bits per heavy atom. The molecule has 322 valence electrons. The van der Waals surface area contributed by atoms with Crippen molar-refractivity contribution >= 4 is 5.91 Å². The largest absolute Gasteiger partial charge is 0.394 e. The van der Waals surface area contributed by atoms with Crippen LogP contribution in [0.25, 0.3) is 0 Å².